The van der Waals surface area contributed by atoms with Crippen LogP contribution in [0.4, 0.5) is 5.69 Å². The Morgan fingerprint density at radius 3 is 2.10 bits per heavy atom. The summed E-state index contributed by atoms with van der Waals surface area (Å²) < 4.78 is 26.7. The van der Waals surface area contributed by atoms with Crippen LogP contribution in [0.1, 0.15) is 11.1 Å². The molecule has 6 heteroatoms. The minimum Gasteiger partial charge on any atom is -0.269 e. The van der Waals surface area contributed by atoms with E-state index in [4.69, 9.17) is 23.2 Å². The summed E-state index contributed by atoms with van der Waals surface area (Å²) in [4.78, 5) is 0.252. The quantitative estimate of drug-likeness (QED) is 0.826. The van der Waals surface area contributed by atoms with Crippen LogP contribution in [0.5, 0.6) is 0 Å². The van der Waals surface area contributed by atoms with E-state index in [2.05, 4.69) is 0 Å². The molecule has 0 amide bonds. The average molecular weight is 344 g/mol. The highest BCUT2D eigenvalue weighted by Crippen LogP contribution is 2.28. The van der Waals surface area contributed by atoms with E-state index in [1.807, 2.05) is 0 Å². The van der Waals surface area contributed by atoms with Crippen molar-refractivity contribution in [2.75, 3.05) is 11.4 Å². The van der Waals surface area contributed by atoms with Gasteiger partial charge in [-0.25, -0.2) is 8.42 Å². The number of benzene rings is 2. The smallest absolute Gasteiger partial charge is 0.264 e. The summed E-state index contributed by atoms with van der Waals surface area (Å²) in [7, 11) is -2.13. The van der Waals surface area contributed by atoms with Gasteiger partial charge in [0.1, 0.15) is 0 Å². The van der Waals surface area contributed by atoms with E-state index in [-0.39, 0.29) is 4.90 Å². The van der Waals surface area contributed by atoms with Gasteiger partial charge in [-0.15, -0.1) is 0 Å². The van der Waals surface area contributed by atoms with E-state index < -0.39 is 10.0 Å². The Morgan fingerprint density at radius 2 is 1.52 bits per heavy atom. The molecule has 0 saturated heterocycles. The van der Waals surface area contributed by atoms with Gasteiger partial charge in [-0.2, -0.15) is 0 Å². The molecule has 0 N–H and O–H groups in total. The van der Waals surface area contributed by atoms with Crippen LogP contribution in [0.25, 0.3) is 0 Å². The Balaban J connectivity index is 2.51. The Bertz CT molecular complexity index is 771. The van der Waals surface area contributed by atoms with Crippen LogP contribution in [-0.2, 0) is 10.0 Å². The largest absolute Gasteiger partial charge is 0.269 e. The molecule has 0 heterocycles. The van der Waals surface area contributed by atoms with Crippen molar-refractivity contribution < 1.29 is 8.42 Å². The van der Waals surface area contributed by atoms with Gasteiger partial charge in [0.2, 0.25) is 0 Å². The van der Waals surface area contributed by atoms with E-state index in [1.54, 1.807) is 50.2 Å². The fourth-order valence-corrected chi connectivity index (χ4v) is 3.80. The van der Waals surface area contributed by atoms with E-state index in [0.29, 0.717) is 21.3 Å². The highest BCUT2D eigenvalue weighted by molar-refractivity contribution is 7.92. The van der Waals surface area contributed by atoms with Crippen LogP contribution in [-0.4, -0.2) is 15.5 Å². The molecule has 0 saturated carbocycles. The molecule has 112 valence electrons. The third-order valence-corrected chi connectivity index (χ3v) is 5.87. The van der Waals surface area contributed by atoms with Crippen LogP contribution in [0.15, 0.2) is 41.3 Å². The third kappa shape index (κ3) is 3.18. The number of hydrogen-bond donors (Lipinski definition) is 0. The van der Waals surface area contributed by atoms with Crippen molar-refractivity contribution in [3.8, 4) is 0 Å². The zero-order valence-corrected chi connectivity index (χ0v) is 14.2. The van der Waals surface area contributed by atoms with Gasteiger partial charge in [0.15, 0.2) is 0 Å². The van der Waals surface area contributed by atoms with Crippen molar-refractivity contribution in [2.24, 2.45) is 0 Å². The fourth-order valence-electron chi connectivity index (χ4n) is 1.97. The van der Waals surface area contributed by atoms with Gasteiger partial charge in [0, 0.05) is 17.1 Å². The topological polar surface area (TPSA) is 37.4 Å². The molecule has 0 aromatic heterocycles. The first-order chi connectivity index (χ1) is 9.73. The average Bonchev–Trinajstić information content (AvgIpc) is 2.42. The lowest BCUT2D eigenvalue weighted by Gasteiger charge is -2.21. The number of sulfonamides is 1. The van der Waals surface area contributed by atoms with Crippen LogP contribution >= 0.6 is 23.2 Å². The first kappa shape index (κ1) is 16.1. The molecule has 0 aliphatic rings. The molecule has 2 aromatic carbocycles. The third-order valence-electron chi connectivity index (χ3n) is 3.28. The number of halogens is 2. The molecule has 0 aliphatic carbocycles. The maximum atomic E-state index is 12.8. The molecule has 21 heavy (non-hydrogen) atoms. The molecule has 0 unspecified atom stereocenters. The molecule has 0 atom stereocenters. The van der Waals surface area contributed by atoms with E-state index in [1.165, 1.54) is 11.4 Å². The zero-order valence-electron chi connectivity index (χ0n) is 11.9. The van der Waals surface area contributed by atoms with Crippen molar-refractivity contribution in [3.05, 3.63) is 57.6 Å². The minimum atomic E-state index is -3.64. The minimum absolute atomic E-state index is 0.252. The van der Waals surface area contributed by atoms with Gasteiger partial charge < -0.3 is 0 Å². The van der Waals surface area contributed by atoms with E-state index in [0.717, 1.165) is 5.56 Å². The second-order valence-corrected chi connectivity index (χ2v) is 7.60. The van der Waals surface area contributed by atoms with Gasteiger partial charge in [-0.05, 0) is 61.4 Å². The van der Waals surface area contributed by atoms with Gasteiger partial charge in [-0.1, -0.05) is 23.2 Å². The highest BCUT2D eigenvalue weighted by Gasteiger charge is 2.24. The van der Waals surface area contributed by atoms with Crippen molar-refractivity contribution in [1.29, 1.82) is 0 Å². The fraction of sp³-hybridized carbons (Fsp3) is 0.200. The van der Waals surface area contributed by atoms with E-state index >= 15 is 0 Å². The number of hydrogen-bond acceptors (Lipinski definition) is 2. The monoisotopic (exact) mass is 343 g/mol. The Hall–Kier alpha value is -1.23. The molecule has 3 nitrogen and oxygen atoms in total. The van der Waals surface area contributed by atoms with Crippen LogP contribution in [0, 0.1) is 13.8 Å². The number of anilines is 1. The number of nitrogens with zero attached hydrogens (tertiary/aromatic N) is 1. The lowest BCUT2D eigenvalue weighted by Crippen LogP contribution is -2.27. The van der Waals surface area contributed by atoms with Crippen LogP contribution in [0.3, 0.4) is 0 Å². The summed E-state index contributed by atoms with van der Waals surface area (Å²) in [6.07, 6.45) is 0. The lowest BCUT2D eigenvalue weighted by molar-refractivity contribution is 0.593. The molecule has 0 radical (unpaired) electrons. The first-order valence-corrected chi connectivity index (χ1v) is 8.44. The molecular weight excluding hydrogens is 329 g/mol. The molecule has 2 aromatic rings. The molecule has 0 spiro atoms. The summed E-state index contributed by atoms with van der Waals surface area (Å²) in [6.45, 7) is 3.51. The van der Waals surface area contributed by atoms with Gasteiger partial charge in [0.25, 0.3) is 10.0 Å². The van der Waals surface area contributed by atoms with Crippen molar-refractivity contribution >= 4 is 38.9 Å². The second kappa shape index (κ2) is 5.87. The maximum absolute atomic E-state index is 12.8. The van der Waals surface area contributed by atoms with Crippen molar-refractivity contribution in [3.63, 3.8) is 0 Å². The summed E-state index contributed by atoms with van der Waals surface area (Å²) >= 11 is 11.9. The highest BCUT2D eigenvalue weighted by atomic mass is 35.5. The molecule has 2 rings (SSSR count). The summed E-state index contributed by atoms with van der Waals surface area (Å²) in [5.74, 6) is 0. The maximum Gasteiger partial charge on any atom is 0.264 e. The first-order valence-electron chi connectivity index (χ1n) is 6.24. The Morgan fingerprint density at radius 1 is 0.952 bits per heavy atom. The normalized spacial score (nSPS) is 11.5. The van der Waals surface area contributed by atoms with Crippen LogP contribution in [0.2, 0.25) is 10.0 Å². The molecule has 0 bridgehead atoms. The second-order valence-electron chi connectivity index (χ2n) is 4.82. The van der Waals surface area contributed by atoms with Crippen molar-refractivity contribution in [2.45, 2.75) is 18.7 Å². The van der Waals surface area contributed by atoms with E-state index in [9.17, 15) is 8.42 Å². The Kier molecular flexibility index (Phi) is 4.51. The zero-order chi connectivity index (χ0) is 15.8. The molecule has 0 aliphatic heterocycles. The predicted octanol–water partition coefficient (Wildman–Crippen LogP) is 4.44. The summed E-state index contributed by atoms with van der Waals surface area (Å²) in [6, 6.07) is 9.90. The number of aryl methyl sites for hydroxylation is 2. The lowest BCUT2D eigenvalue weighted by atomic mass is 10.2. The van der Waals surface area contributed by atoms with Gasteiger partial charge in [0.05, 0.1) is 10.6 Å². The summed E-state index contributed by atoms with van der Waals surface area (Å²) in [5, 5.41) is 1.11. The SMILES string of the molecule is Cc1cc(S(=O)(=O)N(C)c2ccc(Cl)cc2)c(C)cc1Cl. The molecule has 0 fully saturated rings. The standard InChI is InChI=1S/C15H15Cl2NO2S/c1-10-9-15(11(2)8-14(10)17)21(19,20)18(3)13-6-4-12(16)5-7-13/h4-9H,1-3H3. The van der Waals surface area contributed by atoms with Gasteiger partial charge >= 0.3 is 0 Å². The van der Waals surface area contributed by atoms with Crippen molar-refractivity contribution in [1.82, 2.24) is 0 Å². The van der Waals surface area contributed by atoms with Gasteiger partial charge in [-0.3, -0.25) is 4.31 Å². The number of rotatable bonds is 3. The molecular formula is C15H15Cl2NO2S. The predicted molar refractivity (Wildman–Crippen MR) is 88.0 cm³/mol. The summed E-state index contributed by atoms with van der Waals surface area (Å²) in [5.41, 5.74) is 1.89. The Labute approximate surface area is 135 Å². The van der Waals surface area contributed by atoms with Crippen LogP contribution < -0.4 is 4.31 Å².